The molecule has 2 N–H and O–H groups in total. The molecule has 6 heteroatoms. The van der Waals surface area contributed by atoms with Gasteiger partial charge in [-0.05, 0) is 54.1 Å². The summed E-state index contributed by atoms with van der Waals surface area (Å²) >= 11 is 0. The Balaban J connectivity index is 1.60. The average molecular weight is 365 g/mol. The molecule has 0 aliphatic carbocycles. The molecule has 0 fully saturated rings. The number of ether oxygens (including phenoxy) is 2. The number of hydrogen-bond acceptors (Lipinski definition) is 5. The summed E-state index contributed by atoms with van der Waals surface area (Å²) < 4.78 is 10.3. The van der Waals surface area contributed by atoms with Crippen molar-refractivity contribution >= 4 is 28.3 Å². The number of amides is 1. The Morgan fingerprint density at radius 3 is 2.33 bits per heavy atom. The second kappa shape index (κ2) is 8.23. The zero-order valence-corrected chi connectivity index (χ0v) is 14.8. The Hall–Kier alpha value is -3.54. The van der Waals surface area contributed by atoms with Gasteiger partial charge in [0.25, 0.3) is 5.91 Å². The van der Waals surface area contributed by atoms with Crippen LogP contribution >= 0.6 is 0 Å². The molecule has 3 aromatic carbocycles. The lowest BCUT2D eigenvalue weighted by molar-refractivity contribution is -0.119. The lowest BCUT2D eigenvalue weighted by atomic mass is 10.1. The van der Waals surface area contributed by atoms with Crippen LogP contribution in [0.4, 0.5) is 5.69 Å². The van der Waals surface area contributed by atoms with Crippen molar-refractivity contribution < 1.29 is 24.2 Å². The van der Waals surface area contributed by atoms with Crippen LogP contribution in [0.25, 0.3) is 10.8 Å². The van der Waals surface area contributed by atoms with Crippen LogP contribution in [0.5, 0.6) is 11.5 Å². The summed E-state index contributed by atoms with van der Waals surface area (Å²) in [5.41, 5.74) is 0.579. The highest BCUT2D eigenvalue weighted by molar-refractivity contribution is 6.00. The molecule has 0 saturated carbocycles. The summed E-state index contributed by atoms with van der Waals surface area (Å²) in [6, 6.07) is 17.2. The van der Waals surface area contributed by atoms with E-state index in [0.717, 1.165) is 10.8 Å². The number of rotatable bonds is 6. The van der Waals surface area contributed by atoms with Crippen molar-refractivity contribution in [1.29, 1.82) is 0 Å². The Kier molecular flexibility index (Phi) is 5.56. The number of anilines is 1. The molecule has 138 valence electrons. The molecule has 3 aromatic rings. The normalized spacial score (nSPS) is 10.4. The SMILES string of the molecule is CCOc1ccc(NC(=O)COC(=O)c2cc3ccccc3cc2O)cc1. The molecule has 0 aliphatic heterocycles. The molecule has 0 aromatic heterocycles. The lowest BCUT2D eigenvalue weighted by Gasteiger charge is -2.09. The van der Waals surface area contributed by atoms with Gasteiger partial charge in [-0.1, -0.05) is 24.3 Å². The first-order valence-electron chi connectivity index (χ1n) is 8.48. The number of carbonyl (C=O) groups excluding carboxylic acids is 2. The van der Waals surface area contributed by atoms with Gasteiger partial charge in [-0.25, -0.2) is 4.79 Å². The maximum atomic E-state index is 12.2. The third-order valence-electron chi connectivity index (χ3n) is 3.87. The first-order valence-corrected chi connectivity index (χ1v) is 8.48. The zero-order chi connectivity index (χ0) is 19.2. The molecule has 1 amide bonds. The predicted octanol–water partition coefficient (Wildman–Crippen LogP) is 3.74. The second-order valence-electron chi connectivity index (χ2n) is 5.80. The highest BCUT2D eigenvalue weighted by Gasteiger charge is 2.15. The second-order valence-corrected chi connectivity index (χ2v) is 5.80. The number of fused-ring (bicyclic) bond motifs is 1. The summed E-state index contributed by atoms with van der Waals surface area (Å²) in [7, 11) is 0. The minimum Gasteiger partial charge on any atom is -0.507 e. The number of hydrogen-bond donors (Lipinski definition) is 2. The quantitative estimate of drug-likeness (QED) is 0.650. The van der Waals surface area contributed by atoms with Gasteiger partial charge < -0.3 is 19.9 Å². The van der Waals surface area contributed by atoms with Crippen molar-refractivity contribution in [2.24, 2.45) is 0 Å². The number of phenols is 1. The maximum Gasteiger partial charge on any atom is 0.342 e. The van der Waals surface area contributed by atoms with Crippen molar-refractivity contribution in [2.45, 2.75) is 6.92 Å². The third-order valence-corrected chi connectivity index (χ3v) is 3.87. The molecule has 0 aliphatic rings. The van der Waals surface area contributed by atoms with E-state index in [1.54, 1.807) is 24.3 Å². The molecule has 0 heterocycles. The van der Waals surface area contributed by atoms with E-state index in [2.05, 4.69) is 5.32 Å². The highest BCUT2D eigenvalue weighted by Crippen LogP contribution is 2.25. The summed E-state index contributed by atoms with van der Waals surface area (Å²) in [5.74, 6) is -0.729. The van der Waals surface area contributed by atoms with Gasteiger partial charge in [-0.15, -0.1) is 0 Å². The van der Waals surface area contributed by atoms with Gasteiger partial charge in [0.05, 0.1) is 6.61 Å². The molecule has 0 bridgehead atoms. The van der Waals surface area contributed by atoms with Gasteiger partial charge in [0.1, 0.15) is 17.1 Å². The molecule has 0 saturated heterocycles. The zero-order valence-electron chi connectivity index (χ0n) is 14.8. The number of nitrogens with one attached hydrogen (secondary N) is 1. The Morgan fingerprint density at radius 2 is 1.67 bits per heavy atom. The van der Waals surface area contributed by atoms with Crippen molar-refractivity contribution in [3.05, 3.63) is 66.2 Å². The van der Waals surface area contributed by atoms with Crippen LogP contribution < -0.4 is 10.1 Å². The van der Waals surface area contributed by atoms with Crippen molar-refractivity contribution in [2.75, 3.05) is 18.5 Å². The van der Waals surface area contributed by atoms with Crippen molar-refractivity contribution in [1.82, 2.24) is 0 Å². The molecule has 27 heavy (non-hydrogen) atoms. The number of phenolic OH excluding ortho intramolecular Hbond substituents is 1. The van der Waals surface area contributed by atoms with Crippen molar-refractivity contribution in [3.8, 4) is 11.5 Å². The van der Waals surface area contributed by atoms with E-state index in [1.807, 2.05) is 31.2 Å². The number of benzene rings is 3. The van der Waals surface area contributed by atoms with Crippen LogP contribution in [0, 0.1) is 0 Å². The first-order chi connectivity index (χ1) is 13.1. The molecule has 0 unspecified atom stereocenters. The van der Waals surface area contributed by atoms with Crippen LogP contribution in [0.2, 0.25) is 0 Å². The summed E-state index contributed by atoms with van der Waals surface area (Å²) in [6.45, 7) is 1.99. The highest BCUT2D eigenvalue weighted by atomic mass is 16.5. The topological polar surface area (TPSA) is 84.9 Å². The number of aromatic hydroxyl groups is 1. The molecule has 0 radical (unpaired) electrons. The number of carbonyl (C=O) groups is 2. The fourth-order valence-electron chi connectivity index (χ4n) is 2.60. The predicted molar refractivity (Wildman–Crippen MR) is 102 cm³/mol. The largest absolute Gasteiger partial charge is 0.507 e. The first kappa shape index (κ1) is 18.3. The Labute approximate surface area is 156 Å². The molecular weight excluding hydrogens is 346 g/mol. The van der Waals surface area contributed by atoms with Crippen LogP contribution in [-0.2, 0) is 9.53 Å². The van der Waals surface area contributed by atoms with Gasteiger partial charge in [0.15, 0.2) is 6.61 Å². The van der Waals surface area contributed by atoms with E-state index in [1.165, 1.54) is 12.1 Å². The van der Waals surface area contributed by atoms with Crippen LogP contribution in [0.3, 0.4) is 0 Å². The smallest absolute Gasteiger partial charge is 0.342 e. The molecule has 0 atom stereocenters. The third kappa shape index (κ3) is 4.55. The van der Waals surface area contributed by atoms with Gasteiger partial charge in [0.2, 0.25) is 0 Å². The van der Waals surface area contributed by atoms with Crippen molar-refractivity contribution in [3.63, 3.8) is 0 Å². The van der Waals surface area contributed by atoms with Crippen LogP contribution in [0.1, 0.15) is 17.3 Å². The number of esters is 1. The standard InChI is InChI=1S/C21H19NO5/c1-2-26-17-9-7-16(8-10-17)22-20(24)13-27-21(25)18-11-14-5-3-4-6-15(14)12-19(18)23/h3-12,23H,2,13H2,1H3,(H,22,24). The average Bonchev–Trinajstić information content (AvgIpc) is 2.67. The Morgan fingerprint density at radius 1 is 1.00 bits per heavy atom. The Bertz CT molecular complexity index is 966. The summed E-state index contributed by atoms with van der Waals surface area (Å²) in [5, 5.41) is 14.3. The van der Waals surface area contributed by atoms with Gasteiger partial charge in [0, 0.05) is 5.69 Å². The maximum absolute atomic E-state index is 12.2. The van der Waals surface area contributed by atoms with E-state index in [-0.39, 0.29) is 11.3 Å². The lowest BCUT2D eigenvalue weighted by Crippen LogP contribution is -2.21. The molecule has 6 nitrogen and oxygen atoms in total. The molecule has 0 spiro atoms. The van der Waals surface area contributed by atoms with E-state index in [9.17, 15) is 14.7 Å². The van der Waals surface area contributed by atoms with Gasteiger partial charge in [-0.3, -0.25) is 4.79 Å². The fraction of sp³-hybridized carbons (Fsp3) is 0.143. The minimum atomic E-state index is -0.764. The van der Waals surface area contributed by atoms with E-state index >= 15 is 0 Å². The van der Waals surface area contributed by atoms with Gasteiger partial charge >= 0.3 is 5.97 Å². The molecule has 3 rings (SSSR count). The van der Waals surface area contributed by atoms with Crippen LogP contribution in [0.15, 0.2) is 60.7 Å². The summed E-state index contributed by atoms with van der Waals surface area (Å²) in [4.78, 5) is 24.2. The monoisotopic (exact) mass is 365 g/mol. The summed E-state index contributed by atoms with van der Waals surface area (Å²) in [6.07, 6.45) is 0. The minimum absolute atomic E-state index is 0.0163. The van der Waals surface area contributed by atoms with Gasteiger partial charge in [-0.2, -0.15) is 0 Å². The van der Waals surface area contributed by atoms with E-state index in [0.29, 0.717) is 18.0 Å². The van der Waals surface area contributed by atoms with E-state index < -0.39 is 18.5 Å². The fourth-order valence-corrected chi connectivity index (χ4v) is 2.60. The molecular formula is C21H19NO5. The van der Waals surface area contributed by atoms with Crippen LogP contribution in [-0.4, -0.2) is 30.2 Å². The van der Waals surface area contributed by atoms with E-state index in [4.69, 9.17) is 9.47 Å².